The van der Waals surface area contributed by atoms with Crippen LogP contribution in [-0.2, 0) is 18.3 Å². The molecule has 1 aromatic heterocycles. The van der Waals surface area contributed by atoms with Crippen molar-refractivity contribution in [2.75, 3.05) is 40.4 Å². The number of ether oxygens (including phenoxy) is 2. The number of aryl methyl sites for hydroxylation is 1. The molecule has 0 spiro atoms. The van der Waals surface area contributed by atoms with Crippen LogP contribution < -0.4 is 9.47 Å². The Bertz CT molecular complexity index is 822. The first-order valence-electron chi connectivity index (χ1n) is 8.91. The van der Waals surface area contributed by atoms with Gasteiger partial charge in [0, 0.05) is 51.2 Å². The molecule has 27 heavy (non-hydrogen) atoms. The van der Waals surface area contributed by atoms with Gasteiger partial charge in [0.15, 0.2) is 0 Å². The van der Waals surface area contributed by atoms with Gasteiger partial charge in [-0.3, -0.25) is 9.59 Å². The standard InChI is InChI=1S/C20H25N3O4/c1-21-7-6-15(14-21)20(25)23-10-8-22(9-11-23)19(24)13-16-12-17(26-2)4-5-18(16)27-3/h4-7,12,14H,8-11,13H2,1-3H3. The second-order valence-electron chi connectivity index (χ2n) is 6.59. The van der Waals surface area contributed by atoms with Crippen molar-refractivity contribution in [3.8, 4) is 11.5 Å². The Morgan fingerprint density at radius 3 is 2.30 bits per heavy atom. The normalized spacial score (nSPS) is 14.2. The molecule has 144 valence electrons. The van der Waals surface area contributed by atoms with Crippen molar-refractivity contribution in [2.24, 2.45) is 7.05 Å². The van der Waals surface area contributed by atoms with Crippen molar-refractivity contribution in [3.05, 3.63) is 47.8 Å². The van der Waals surface area contributed by atoms with Gasteiger partial charge < -0.3 is 23.8 Å². The van der Waals surface area contributed by atoms with E-state index in [1.807, 2.05) is 36.1 Å². The monoisotopic (exact) mass is 371 g/mol. The van der Waals surface area contributed by atoms with Crippen molar-refractivity contribution in [1.82, 2.24) is 14.4 Å². The highest BCUT2D eigenvalue weighted by Crippen LogP contribution is 2.25. The number of benzene rings is 1. The third-order valence-electron chi connectivity index (χ3n) is 4.83. The van der Waals surface area contributed by atoms with E-state index >= 15 is 0 Å². The van der Waals surface area contributed by atoms with Crippen molar-refractivity contribution >= 4 is 11.8 Å². The molecule has 1 fully saturated rings. The molecule has 0 saturated carbocycles. The molecule has 1 aliphatic rings. The number of carbonyl (C=O) groups is 2. The summed E-state index contributed by atoms with van der Waals surface area (Å²) in [6.07, 6.45) is 3.91. The number of methoxy groups -OCH3 is 2. The molecule has 1 saturated heterocycles. The van der Waals surface area contributed by atoms with Gasteiger partial charge in [0.05, 0.1) is 26.2 Å². The van der Waals surface area contributed by atoms with Crippen LogP contribution in [0.5, 0.6) is 11.5 Å². The zero-order valence-corrected chi connectivity index (χ0v) is 16.0. The van der Waals surface area contributed by atoms with E-state index in [0.29, 0.717) is 43.2 Å². The van der Waals surface area contributed by atoms with Crippen LogP contribution in [-0.4, -0.2) is 66.6 Å². The third kappa shape index (κ3) is 4.24. The number of amides is 2. The summed E-state index contributed by atoms with van der Waals surface area (Å²) in [4.78, 5) is 28.8. The number of hydrogen-bond donors (Lipinski definition) is 0. The second kappa shape index (κ2) is 8.16. The number of aromatic nitrogens is 1. The second-order valence-corrected chi connectivity index (χ2v) is 6.59. The molecule has 0 atom stereocenters. The van der Waals surface area contributed by atoms with Crippen LogP contribution in [0.1, 0.15) is 15.9 Å². The zero-order valence-electron chi connectivity index (χ0n) is 16.0. The minimum atomic E-state index is 0.0113. The molecule has 0 radical (unpaired) electrons. The van der Waals surface area contributed by atoms with Crippen molar-refractivity contribution < 1.29 is 19.1 Å². The van der Waals surface area contributed by atoms with Crippen molar-refractivity contribution in [3.63, 3.8) is 0 Å². The van der Waals surface area contributed by atoms with E-state index < -0.39 is 0 Å². The van der Waals surface area contributed by atoms with Crippen molar-refractivity contribution in [1.29, 1.82) is 0 Å². The fourth-order valence-corrected chi connectivity index (χ4v) is 3.27. The summed E-state index contributed by atoms with van der Waals surface area (Å²) in [6, 6.07) is 7.25. The minimum Gasteiger partial charge on any atom is -0.497 e. The molecule has 0 aliphatic carbocycles. The lowest BCUT2D eigenvalue weighted by molar-refractivity contribution is -0.131. The predicted molar refractivity (Wildman–Crippen MR) is 101 cm³/mol. The quantitative estimate of drug-likeness (QED) is 0.800. The molecule has 2 heterocycles. The van der Waals surface area contributed by atoms with E-state index in [9.17, 15) is 9.59 Å². The van der Waals surface area contributed by atoms with Gasteiger partial charge in [0.25, 0.3) is 5.91 Å². The third-order valence-corrected chi connectivity index (χ3v) is 4.83. The summed E-state index contributed by atoms with van der Waals surface area (Å²) in [5, 5.41) is 0. The fourth-order valence-electron chi connectivity index (χ4n) is 3.27. The van der Waals surface area contributed by atoms with Crippen molar-refractivity contribution in [2.45, 2.75) is 6.42 Å². The van der Waals surface area contributed by atoms with Crippen LogP contribution >= 0.6 is 0 Å². The van der Waals surface area contributed by atoms with Gasteiger partial charge in [-0.05, 0) is 24.3 Å². The van der Waals surface area contributed by atoms with Gasteiger partial charge in [-0.2, -0.15) is 0 Å². The van der Waals surface area contributed by atoms with Gasteiger partial charge in [0.1, 0.15) is 11.5 Å². The molecular weight excluding hydrogens is 346 g/mol. The molecule has 1 aliphatic heterocycles. The smallest absolute Gasteiger partial charge is 0.255 e. The topological polar surface area (TPSA) is 64.0 Å². The van der Waals surface area contributed by atoms with Gasteiger partial charge >= 0.3 is 0 Å². The van der Waals surface area contributed by atoms with Gasteiger partial charge in [-0.25, -0.2) is 0 Å². The maximum Gasteiger partial charge on any atom is 0.255 e. The van der Waals surface area contributed by atoms with Crippen LogP contribution in [0.25, 0.3) is 0 Å². The maximum absolute atomic E-state index is 12.7. The molecule has 7 nitrogen and oxygen atoms in total. The number of hydrogen-bond acceptors (Lipinski definition) is 4. The number of nitrogens with zero attached hydrogens (tertiary/aromatic N) is 3. The molecule has 2 aromatic rings. The molecule has 7 heteroatoms. The molecular formula is C20H25N3O4. The van der Waals surface area contributed by atoms with Gasteiger partial charge in [-0.15, -0.1) is 0 Å². The van der Waals surface area contributed by atoms with E-state index in [0.717, 1.165) is 5.56 Å². The Kier molecular flexibility index (Phi) is 5.69. The first-order chi connectivity index (χ1) is 13.0. The van der Waals surface area contributed by atoms with Crippen LogP contribution in [0.3, 0.4) is 0 Å². The molecule has 3 rings (SSSR count). The molecule has 0 unspecified atom stereocenters. The Hall–Kier alpha value is -2.96. The first kappa shape index (κ1) is 18.8. The zero-order chi connectivity index (χ0) is 19.4. The highest BCUT2D eigenvalue weighted by molar-refractivity contribution is 5.94. The maximum atomic E-state index is 12.7. The largest absolute Gasteiger partial charge is 0.497 e. The predicted octanol–water partition coefficient (Wildman–Crippen LogP) is 1.57. The highest BCUT2D eigenvalue weighted by atomic mass is 16.5. The minimum absolute atomic E-state index is 0.0113. The van der Waals surface area contributed by atoms with E-state index in [1.165, 1.54) is 0 Å². The van der Waals surface area contributed by atoms with Crippen LogP contribution in [0.2, 0.25) is 0 Å². The molecule has 2 amide bonds. The summed E-state index contributed by atoms with van der Waals surface area (Å²) in [5.41, 5.74) is 1.48. The average Bonchev–Trinajstić information content (AvgIpc) is 3.13. The molecule has 0 bridgehead atoms. The first-order valence-corrected chi connectivity index (χ1v) is 8.91. The average molecular weight is 371 g/mol. The van der Waals surface area contributed by atoms with Gasteiger partial charge in [0.2, 0.25) is 5.91 Å². The fraction of sp³-hybridized carbons (Fsp3) is 0.400. The van der Waals surface area contributed by atoms with E-state index in [-0.39, 0.29) is 18.2 Å². The van der Waals surface area contributed by atoms with Gasteiger partial charge in [-0.1, -0.05) is 0 Å². The molecule has 1 aromatic carbocycles. The lowest BCUT2D eigenvalue weighted by Gasteiger charge is -2.34. The highest BCUT2D eigenvalue weighted by Gasteiger charge is 2.25. The van der Waals surface area contributed by atoms with Crippen LogP contribution in [0, 0.1) is 0 Å². The Morgan fingerprint density at radius 1 is 1.00 bits per heavy atom. The van der Waals surface area contributed by atoms with Crippen LogP contribution in [0.4, 0.5) is 0 Å². The number of piperazine rings is 1. The summed E-state index contributed by atoms with van der Waals surface area (Å²) in [5.74, 6) is 1.39. The number of carbonyl (C=O) groups excluding carboxylic acids is 2. The summed E-state index contributed by atoms with van der Waals surface area (Å²) in [7, 11) is 5.07. The van der Waals surface area contributed by atoms with E-state index in [4.69, 9.17) is 9.47 Å². The Morgan fingerprint density at radius 2 is 1.70 bits per heavy atom. The number of rotatable bonds is 5. The summed E-state index contributed by atoms with van der Waals surface area (Å²) in [6.45, 7) is 2.14. The Balaban J connectivity index is 1.59. The van der Waals surface area contributed by atoms with E-state index in [2.05, 4.69) is 0 Å². The summed E-state index contributed by atoms with van der Waals surface area (Å²) >= 11 is 0. The molecule has 0 N–H and O–H groups in total. The van der Waals surface area contributed by atoms with Crippen LogP contribution in [0.15, 0.2) is 36.7 Å². The SMILES string of the molecule is COc1ccc(OC)c(CC(=O)N2CCN(C(=O)c3ccn(C)c3)CC2)c1. The summed E-state index contributed by atoms with van der Waals surface area (Å²) < 4.78 is 12.4. The lowest BCUT2D eigenvalue weighted by Crippen LogP contribution is -2.51. The lowest BCUT2D eigenvalue weighted by atomic mass is 10.1. The van der Waals surface area contributed by atoms with E-state index in [1.54, 1.807) is 36.2 Å². The Labute approximate surface area is 159 Å².